The molecule has 0 saturated carbocycles. The molecule has 2 aliphatic heterocycles. The van der Waals surface area contributed by atoms with E-state index in [1.54, 1.807) is 6.07 Å². The van der Waals surface area contributed by atoms with E-state index in [1.807, 2.05) is 12.1 Å². The summed E-state index contributed by atoms with van der Waals surface area (Å²) < 4.78 is 28.0. The molecule has 1 atom stereocenters. The van der Waals surface area contributed by atoms with Crippen molar-refractivity contribution >= 4 is 24.9 Å². The molecule has 6 nitrogen and oxygen atoms in total. The highest BCUT2D eigenvalue weighted by Gasteiger charge is 2.49. The highest BCUT2D eigenvalue weighted by atomic mass is 31.2. The lowest BCUT2D eigenvalue weighted by atomic mass is 9.87. The average molecular weight is 332 g/mol. The fourth-order valence-electron chi connectivity index (χ4n) is 2.60. The van der Waals surface area contributed by atoms with E-state index < -0.39 is 7.82 Å². The second kappa shape index (κ2) is 4.36. The number of phosphoric ester groups is 1. The van der Waals surface area contributed by atoms with Gasteiger partial charge in [-0.3, -0.25) is 0 Å². The van der Waals surface area contributed by atoms with Crippen molar-refractivity contribution in [2.75, 3.05) is 11.1 Å². The Morgan fingerprint density at radius 1 is 1.09 bits per heavy atom. The maximum Gasteiger partial charge on any atom is 0.647 e. The van der Waals surface area contributed by atoms with Crippen LogP contribution in [0, 0.1) is 0 Å². The summed E-state index contributed by atoms with van der Waals surface area (Å²) in [5, 5.41) is 3.27. The van der Waals surface area contributed by atoms with Gasteiger partial charge in [-0.2, -0.15) is 4.57 Å². The highest BCUT2D eigenvalue weighted by Crippen LogP contribution is 2.69. The number of fused-ring (bicyclic) bond motifs is 2. The Bertz CT molecular complexity index is 867. The first-order valence-corrected chi connectivity index (χ1v) is 8.74. The summed E-state index contributed by atoms with van der Waals surface area (Å²) in [7, 11) is -3.59. The highest BCUT2D eigenvalue weighted by molar-refractivity contribution is 7.50. The minimum atomic E-state index is -3.59. The predicted octanol–water partition coefficient (Wildman–Crippen LogP) is 4.58. The number of rotatable bonds is 2. The largest absolute Gasteiger partial charge is 0.647 e. The van der Waals surface area contributed by atoms with Crippen molar-refractivity contribution in [1.29, 1.82) is 0 Å². The molecular formula is C16H17N2O4P. The number of hydrogen-bond donors (Lipinski definition) is 2. The monoisotopic (exact) mass is 332 g/mol. The molecule has 0 fully saturated rings. The summed E-state index contributed by atoms with van der Waals surface area (Å²) in [6.07, 6.45) is 0. The van der Waals surface area contributed by atoms with E-state index in [1.165, 1.54) is 5.56 Å². The van der Waals surface area contributed by atoms with Crippen LogP contribution in [0.15, 0.2) is 30.3 Å². The van der Waals surface area contributed by atoms with Crippen LogP contribution in [0.2, 0.25) is 0 Å². The molecule has 3 N–H and O–H groups in total. The molecule has 0 spiro atoms. The number of nitrogens with two attached hydrogens (primary N) is 1. The second-order valence-corrected chi connectivity index (χ2v) is 8.11. The molecule has 3 bridgehead atoms. The summed E-state index contributed by atoms with van der Waals surface area (Å²) >= 11 is 0. The maximum atomic E-state index is 12.2. The maximum absolute atomic E-state index is 12.2. The van der Waals surface area contributed by atoms with Crippen molar-refractivity contribution in [3.8, 4) is 17.2 Å². The fraction of sp³-hybridized carbons (Fsp3) is 0.250. The van der Waals surface area contributed by atoms with E-state index in [9.17, 15) is 4.57 Å². The van der Waals surface area contributed by atoms with Gasteiger partial charge in [0.15, 0.2) is 5.75 Å². The van der Waals surface area contributed by atoms with Crippen LogP contribution in [0.5, 0.6) is 17.2 Å². The molecule has 2 aromatic rings. The number of phosphoric acid groups is 1. The molecule has 0 aromatic heterocycles. The van der Waals surface area contributed by atoms with Gasteiger partial charge in [0, 0.05) is 11.8 Å². The summed E-state index contributed by atoms with van der Waals surface area (Å²) in [5.41, 5.74) is 8.94. The molecule has 0 radical (unpaired) electrons. The quantitative estimate of drug-likeness (QED) is 0.618. The molecule has 23 heavy (non-hydrogen) atoms. The fourth-order valence-corrected chi connectivity index (χ4v) is 3.91. The number of nitrogens with one attached hydrogen (secondary N) is 1. The van der Waals surface area contributed by atoms with Crippen LogP contribution >= 0.6 is 7.82 Å². The van der Waals surface area contributed by atoms with Gasteiger partial charge in [-0.25, -0.2) is 0 Å². The zero-order valence-electron chi connectivity index (χ0n) is 13.0. The van der Waals surface area contributed by atoms with Gasteiger partial charge in [0.25, 0.3) is 0 Å². The van der Waals surface area contributed by atoms with Crippen LogP contribution in [0.4, 0.5) is 17.1 Å². The minimum Gasteiger partial charge on any atom is -0.393 e. The van der Waals surface area contributed by atoms with E-state index in [0.717, 1.165) is 5.69 Å². The van der Waals surface area contributed by atoms with Crippen LogP contribution in [0.25, 0.3) is 0 Å². The van der Waals surface area contributed by atoms with Gasteiger partial charge in [0.1, 0.15) is 5.69 Å². The van der Waals surface area contributed by atoms with E-state index in [4.69, 9.17) is 19.3 Å². The van der Waals surface area contributed by atoms with Gasteiger partial charge < -0.3 is 24.6 Å². The third-order valence-electron chi connectivity index (χ3n) is 3.86. The van der Waals surface area contributed by atoms with Gasteiger partial charge in [-0.05, 0) is 23.1 Å². The molecule has 0 saturated heterocycles. The summed E-state index contributed by atoms with van der Waals surface area (Å²) in [6, 6.07) is 9.77. The summed E-state index contributed by atoms with van der Waals surface area (Å²) in [5.74, 6) is 0.921. The molecule has 120 valence electrons. The Kier molecular flexibility index (Phi) is 2.70. The first-order chi connectivity index (χ1) is 10.8. The first-order valence-electron chi connectivity index (χ1n) is 7.28. The summed E-state index contributed by atoms with van der Waals surface area (Å²) in [6.45, 7) is 6.46. The van der Waals surface area contributed by atoms with E-state index in [0.29, 0.717) is 22.9 Å². The normalized spacial score (nSPS) is 20.7. The molecule has 4 rings (SSSR count). The topological polar surface area (TPSA) is 82.8 Å². The Hall–Kier alpha value is -2.33. The SMILES string of the molecule is CC(C)(C)c1cccc(Nc2cc3c(N)c4c2OP(=O)(O3)O4)c1. The number of nitrogen functional groups attached to an aromatic ring is 1. The van der Waals surface area contributed by atoms with Gasteiger partial charge in [-0.1, -0.05) is 32.9 Å². The van der Waals surface area contributed by atoms with Crippen molar-refractivity contribution < 1.29 is 18.1 Å². The summed E-state index contributed by atoms with van der Waals surface area (Å²) in [4.78, 5) is 0. The van der Waals surface area contributed by atoms with Gasteiger partial charge in [0.05, 0.1) is 5.69 Å². The van der Waals surface area contributed by atoms with Crippen LogP contribution in [0.3, 0.4) is 0 Å². The minimum absolute atomic E-state index is 0.0400. The van der Waals surface area contributed by atoms with Gasteiger partial charge >= 0.3 is 7.82 Å². The van der Waals surface area contributed by atoms with Crippen LogP contribution in [-0.2, 0) is 9.98 Å². The lowest BCUT2D eigenvalue weighted by molar-refractivity contribution is 0.328. The number of benzene rings is 2. The van der Waals surface area contributed by atoms with Crippen LogP contribution in [0.1, 0.15) is 26.3 Å². The number of anilines is 3. The van der Waals surface area contributed by atoms with Crippen molar-refractivity contribution in [3.63, 3.8) is 0 Å². The molecule has 2 aliphatic rings. The van der Waals surface area contributed by atoms with Crippen molar-refractivity contribution in [3.05, 3.63) is 35.9 Å². The van der Waals surface area contributed by atoms with Gasteiger partial charge in [0.2, 0.25) is 11.5 Å². The van der Waals surface area contributed by atoms with Crippen molar-refractivity contribution in [1.82, 2.24) is 0 Å². The molecule has 2 aromatic carbocycles. The van der Waals surface area contributed by atoms with Crippen molar-refractivity contribution in [2.24, 2.45) is 0 Å². The second-order valence-electron chi connectivity index (χ2n) is 6.67. The van der Waals surface area contributed by atoms with Gasteiger partial charge in [-0.15, -0.1) is 0 Å². The average Bonchev–Trinajstić information content (AvgIpc) is 2.69. The van der Waals surface area contributed by atoms with E-state index in [2.05, 4.69) is 38.2 Å². The molecular weight excluding hydrogens is 315 g/mol. The molecule has 2 heterocycles. The van der Waals surface area contributed by atoms with Crippen LogP contribution in [-0.4, -0.2) is 0 Å². The standard InChI is InChI=1S/C16H17N2O4P/c1-16(2,3)9-5-4-6-10(7-9)18-11-8-12-13(17)15-14(11)21-23(19,20-12)22-15/h4-8,18H,17H2,1-3H3. The Morgan fingerprint density at radius 3 is 2.57 bits per heavy atom. The molecule has 0 amide bonds. The van der Waals surface area contributed by atoms with E-state index >= 15 is 0 Å². The van der Waals surface area contributed by atoms with Crippen LogP contribution < -0.4 is 24.6 Å². The number of hydrogen-bond acceptors (Lipinski definition) is 6. The lowest BCUT2D eigenvalue weighted by Gasteiger charge is -2.20. The molecule has 0 aliphatic carbocycles. The Balaban J connectivity index is 1.75. The zero-order valence-corrected chi connectivity index (χ0v) is 13.9. The Labute approximate surface area is 134 Å². The van der Waals surface area contributed by atoms with Crippen molar-refractivity contribution in [2.45, 2.75) is 26.2 Å². The lowest BCUT2D eigenvalue weighted by Crippen LogP contribution is -2.11. The third kappa shape index (κ3) is 2.21. The Morgan fingerprint density at radius 2 is 1.83 bits per heavy atom. The predicted molar refractivity (Wildman–Crippen MR) is 88.8 cm³/mol. The first kappa shape index (κ1) is 14.3. The zero-order chi connectivity index (χ0) is 16.4. The molecule has 1 unspecified atom stereocenters. The van der Waals surface area contributed by atoms with E-state index in [-0.39, 0.29) is 11.2 Å². The molecule has 7 heteroatoms. The smallest absolute Gasteiger partial charge is 0.393 e. The third-order valence-corrected chi connectivity index (χ3v) is 5.09.